The molecular formula is C37H61N9O21P2S. The number of hydrogen-bond acceptors (Lipinski definition) is 23. The first-order chi connectivity index (χ1) is 33.4. The maximum Gasteiger partial charge on any atom is 0.483 e. The predicted molar refractivity (Wildman–Crippen MR) is 239 cm³/mol. The number of unbranched alkanes of at least 4 members (excludes halogenated alkanes) is 1. The maximum absolute atomic E-state index is 12.8. The molecule has 30 nitrogen and oxygen atoms in total. The van der Waals surface area contributed by atoms with Crippen LogP contribution in [-0.2, 0) is 60.5 Å². The Hall–Kier alpha value is -3.43. The number of anilines is 1. The number of urea groups is 1. The average Bonchev–Trinajstić information content (AvgIpc) is 4.08. The Morgan fingerprint density at radius 1 is 0.871 bits per heavy atom. The summed E-state index contributed by atoms with van der Waals surface area (Å²) < 4.78 is 73.2. The first-order valence-corrected chi connectivity index (χ1v) is 26.4. The second kappa shape index (κ2) is 26.5. The van der Waals surface area contributed by atoms with Crippen molar-refractivity contribution in [1.82, 2.24) is 40.8 Å². The second-order valence-electron chi connectivity index (χ2n) is 16.4. The minimum Gasteiger partial charge on any atom is -0.388 e. The van der Waals surface area contributed by atoms with E-state index in [-0.39, 0.29) is 80.4 Å². The van der Waals surface area contributed by atoms with E-state index in [1.165, 1.54) is 4.57 Å². The molecule has 396 valence electrons. The number of carbonyl (C=O) groups is 3. The van der Waals surface area contributed by atoms with Crippen LogP contribution >= 0.6 is 27.4 Å². The van der Waals surface area contributed by atoms with Crippen molar-refractivity contribution in [3.63, 3.8) is 0 Å². The molecule has 13 N–H and O–H groups in total. The number of aromatic nitrogens is 4. The highest BCUT2D eigenvalue weighted by molar-refractivity contribution is 8.00. The molecule has 70 heavy (non-hydrogen) atoms. The number of fused-ring (bicyclic) bond motifs is 2. The van der Waals surface area contributed by atoms with Crippen molar-refractivity contribution in [3.8, 4) is 0 Å². The van der Waals surface area contributed by atoms with E-state index in [0.717, 1.165) is 31.3 Å². The number of aliphatic hydroxyl groups is 4. The number of imidazole rings is 1. The zero-order valence-corrected chi connectivity index (χ0v) is 40.3. The van der Waals surface area contributed by atoms with Gasteiger partial charge < -0.3 is 85.6 Å². The highest BCUT2D eigenvalue weighted by Crippen LogP contribution is 2.61. The van der Waals surface area contributed by atoms with E-state index in [9.17, 15) is 58.5 Å². The van der Waals surface area contributed by atoms with E-state index in [2.05, 4.69) is 40.5 Å². The molecular weight excluding hydrogens is 1000 g/mol. The quantitative estimate of drug-likeness (QED) is 0.0208. The van der Waals surface area contributed by atoms with Crippen LogP contribution in [0.3, 0.4) is 0 Å². The summed E-state index contributed by atoms with van der Waals surface area (Å²) in [6.45, 7) is 1.07. The fraction of sp³-hybridized carbons (Fsp3) is 0.784. The van der Waals surface area contributed by atoms with Gasteiger partial charge in [0.25, 0.3) is 5.56 Å². The van der Waals surface area contributed by atoms with Crippen molar-refractivity contribution < 1.29 is 95.5 Å². The van der Waals surface area contributed by atoms with Crippen molar-refractivity contribution in [2.45, 2.75) is 105 Å². The SMILES string of the molecule is Nc1nc2c(ncn2[C@@H]2O[C@H](COP(=O)(O)OP(=O)(O)O[C@H]3OC(CNC(=O)CCOCCOCCOCCOCCNC(=O)CCCC[C@@H]4SC[C@@H]5NC(=O)N[C@@H]54)[C@@H](O)C(O)C3O)CC2O)c(=O)[nH]1. The number of aromatic amines is 1. The fourth-order valence-electron chi connectivity index (χ4n) is 7.73. The monoisotopic (exact) mass is 1060 g/mol. The zero-order chi connectivity index (χ0) is 50.4. The highest BCUT2D eigenvalue weighted by Gasteiger charge is 2.49. The lowest BCUT2D eigenvalue weighted by Gasteiger charge is -2.40. The average molecular weight is 1060 g/mol. The van der Waals surface area contributed by atoms with E-state index in [1.54, 1.807) is 0 Å². The van der Waals surface area contributed by atoms with Gasteiger partial charge in [-0.05, 0) is 12.8 Å². The molecule has 6 heterocycles. The Bertz CT molecular complexity index is 2200. The third kappa shape index (κ3) is 16.5. The Balaban J connectivity index is 0.756. The molecule has 4 saturated heterocycles. The van der Waals surface area contributed by atoms with Gasteiger partial charge in [0.2, 0.25) is 17.8 Å². The standard InChI is InChI=1S/C37H61N9O21P2S/c38-36-44-32-28(33(53)45-36)41-19-46(32)34-22(47)15-20(64-34)17-63-68(55,56)67-69(57,58)66-35-31(52)30(51)29(50)23(65-35)16-40-26(49)5-7-59-9-11-61-13-14-62-12-10-60-8-6-39-25(48)4-2-1-3-24-27-21(18-70-24)42-37(54)43-27/h19-24,27,29-31,34-35,47,50-52H,1-18H2,(H,39,48)(H,40,49)(H,55,56)(H,57,58)(H2,42,43,54)(H3,38,44,45,53)/t20-,21-,22?,23?,24-,27-,29+,30?,31?,34+,35+/m0/s1. The number of phosphoric acid groups is 2. The van der Waals surface area contributed by atoms with Crippen molar-refractivity contribution in [3.05, 3.63) is 16.7 Å². The van der Waals surface area contributed by atoms with Crippen LogP contribution in [0.5, 0.6) is 0 Å². The lowest BCUT2D eigenvalue weighted by Crippen LogP contribution is -2.60. The summed E-state index contributed by atoms with van der Waals surface area (Å²) in [7, 11) is -11.1. The van der Waals surface area contributed by atoms with E-state index in [0.29, 0.717) is 44.6 Å². The van der Waals surface area contributed by atoms with Crippen molar-refractivity contribution >= 4 is 62.4 Å². The Labute approximate surface area is 403 Å². The van der Waals surface area contributed by atoms with Crippen LogP contribution in [0.15, 0.2) is 11.1 Å². The minimum atomic E-state index is -5.66. The number of amides is 4. The number of nitrogen functional groups attached to an aromatic ring is 1. The van der Waals surface area contributed by atoms with Gasteiger partial charge in [0, 0.05) is 43.4 Å². The number of nitrogens with one attached hydrogen (secondary N) is 5. The first-order valence-electron chi connectivity index (χ1n) is 22.4. The summed E-state index contributed by atoms with van der Waals surface area (Å²) in [5.41, 5.74) is 4.83. The van der Waals surface area contributed by atoms with E-state index < -0.39 is 89.4 Å². The summed E-state index contributed by atoms with van der Waals surface area (Å²) in [5.74, 6) is 0.0739. The molecule has 2 aromatic rings. The number of nitrogens with zero attached hydrogens (tertiary/aromatic N) is 3. The smallest absolute Gasteiger partial charge is 0.388 e. The van der Waals surface area contributed by atoms with Gasteiger partial charge in [-0.15, -0.1) is 0 Å². The third-order valence-corrected chi connectivity index (χ3v) is 15.3. The van der Waals surface area contributed by atoms with Gasteiger partial charge in [0.1, 0.15) is 30.5 Å². The van der Waals surface area contributed by atoms with Crippen LogP contribution in [0, 0.1) is 0 Å². The normalized spacial score (nSPS) is 29.3. The number of hydrogen-bond donors (Lipinski definition) is 12. The molecule has 6 unspecified atom stereocenters. The maximum atomic E-state index is 12.8. The van der Waals surface area contributed by atoms with Gasteiger partial charge in [-0.25, -0.2) is 18.9 Å². The van der Waals surface area contributed by atoms with Gasteiger partial charge in [-0.1, -0.05) is 6.42 Å². The topological polar surface area (TPSA) is 428 Å². The summed E-state index contributed by atoms with van der Waals surface area (Å²) in [4.78, 5) is 78.8. The summed E-state index contributed by atoms with van der Waals surface area (Å²) in [5, 5.41) is 53.3. The van der Waals surface area contributed by atoms with Crippen molar-refractivity contribution in [2.24, 2.45) is 0 Å². The molecule has 0 saturated carbocycles. The first kappa shape index (κ1) is 55.9. The van der Waals surface area contributed by atoms with E-state index >= 15 is 0 Å². The zero-order valence-electron chi connectivity index (χ0n) is 37.7. The van der Waals surface area contributed by atoms with Gasteiger partial charge >= 0.3 is 21.7 Å². The molecule has 4 aliphatic rings. The largest absolute Gasteiger partial charge is 0.483 e. The van der Waals surface area contributed by atoms with Crippen LogP contribution in [0.1, 0.15) is 44.8 Å². The second-order valence-corrected chi connectivity index (χ2v) is 20.7. The summed E-state index contributed by atoms with van der Waals surface area (Å²) >= 11 is 1.86. The molecule has 4 aliphatic heterocycles. The van der Waals surface area contributed by atoms with Crippen molar-refractivity contribution in [1.29, 1.82) is 0 Å². The predicted octanol–water partition coefficient (Wildman–Crippen LogP) is -3.18. The Morgan fingerprint density at radius 2 is 1.56 bits per heavy atom. The number of carbonyl (C=O) groups excluding carboxylic acids is 3. The van der Waals surface area contributed by atoms with Crippen LogP contribution in [-0.4, -0.2) is 206 Å². The molecule has 0 radical (unpaired) electrons. The number of rotatable bonds is 30. The van der Waals surface area contributed by atoms with Crippen LogP contribution in [0.2, 0.25) is 0 Å². The molecule has 33 heteroatoms. The van der Waals surface area contributed by atoms with Gasteiger partial charge in [-0.2, -0.15) is 21.1 Å². The highest BCUT2D eigenvalue weighted by atomic mass is 32.2. The molecule has 0 spiro atoms. The molecule has 0 bridgehead atoms. The molecule has 6 rings (SSSR count). The molecule has 4 amide bonds. The van der Waals surface area contributed by atoms with E-state index in [4.69, 9.17) is 43.2 Å². The molecule has 0 aromatic carbocycles. The van der Waals surface area contributed by atoms with Crippen molar-refractivity contribution in [2.75, 3.05) is 84.0 Å². The number of H-pyrrole nitrogens is 1. The molecule has 13 atom stereocenters. The number of thioether (sulfide) groups is 1. The van der Waals surface area contributed by atoms with E-state index in [1.807, 2.05) is 11.8 Å². The van der Waals surface area contributed by atoms with Gasteiger partial charge in [0.15, 0.2) is 23.7 Å². The molecule has 2 aromatic heterocycles. The number of aliphatic hydroxyl groups excluding tert-OH is 4. The molecule has 0 aliphatic carbocycles. The third-order valence-electron chi connectivity index (χ3n) is 11.2. The number of ether oxygens (including phenoxy) is 6. The lowest BCUT2D eigenvalue weighted by atomic mass is 9.99. The van der Waals surface area contributed by atoms with Crippen LogP contribution in [0.4, 0.5) is 10.7 Å². The summed E-state index contributed by atoms with van der Waals surface area (Å²) in [6.07, 6.45) is -9.44. The molecule has 4 fully saturated rings. The van der Waals surface area contributed by atoms with Crippen LogP contribution < -0.4 is 32.6 Å². The summed E-state index contributed by atoms with van der Waals surface area (Å²) in [6, 6.07) is 0.265. The lowest BCUT2D eigenvalue weighted by molar-refractivity contribution is -0.273. The number of phosphoric ester groups is 2. The fourth-order valence-corrected chi connectivity index (χ4v) is 11.4. The Morgan fingerprint density at radius 3 is 2.29 bits per heavy atom. The van der Waals surface area contributed by atoms with Gasteiger partial charge in [0.05, 0.1) is 84.0 Å². The van der Waals surface area contributed by atoms with Gasteiger partial charge in [-0.3, -0.25) is 33.0 Å². The Kier molecular flexibility index (Phi) is 21.2. The van der Waals surface area contributed by atoms with Crippen LogP contribution in [0.25, 0.3) is 11.2 Å². The number of nitrogens with two attached hydrogens (primary N) is 1. The minimum absolute atomic E-state index is 0.0213.